The van der Waals surface area contributed by atoms with Gasteiger partial charge in [0.2, 0.25) is 11.8 Å². The van der Waals surface area contributed by atoms with Gasteiger partial charge in [0.15, 0.2) is 0 Å². The number of amides is 6. The Hall–Kier alpha value is -4.35. The van der Waals surface area contributed by atoms with Gasteiger partial charge in [-0.05, 0) is 86.6 Å². The molecule has 0 unspecified atom stereocenters. The van der Waals surface area contributed by atoms with E-state index >= 15 is 0 Å². The Bertz CT molecular complexity index is 1320. The summed E-state index contributed by atoms with van der Waals surface area (Å²) in [4.78, 5) is 97.3. The fourth-order valence-electron chi connectivity index (χ4n) is 4.40. The van der Waals surface area contributed by atoms with Gasteiger partial charge >= 0.3 is 18.2 Å². The van der Waals surface area contributed by atoms with Crippen LogP contribution >= 0.6 is 0 Å². The maximum atomic E-state index is 11.5. The fourth-order valence-corrected chi connectivity index (χ4v) is 4.40. The van der Waals surface area contributed by atoms with Crippen LogP contribution in [0.3, 0.4) is 0 Å². The predicted molar refractivity (Wildman–Crippen MR) is 253 cm³/mol. The molecule has 0 aromatic heterocycles. The van der Waals surface area contributed by atoms with Gasteiger partial charge in [-0.2, -0.15) is 11.0 Å². The molecule has 0 aliphatic carbocycles. The third kappa shape index (κ3) is 54.6. The molecule has 70 heavy (non-hydrogen) atoms. The molecule has 0 atom stereocenters. The van der Waals surface area contributed by atoms with Crippen LogP contribution < -0.4 is 33.2 Å². The summed E-state index contributed by atoms with van der Waals surface area (Å²) in [5, 5.41) is 6.10. The van der Waals surface area contributed by atoms with Crippen LogP contribution in [-0.4, -0.2) is 178 Å². The van der Waals surface area contributed by atoms with E-state index in [4.69, 9.17) is 59.2 Å². The smallest absolute Gasteiger partial charge is 0.431 e. The lowest BCUT2D eigenvalue weighted by Crippen LogP contribution is -2.32. The topological polar surface area (TPSA) is 334 Å². The first kappa shape index (κ1) is 69.9. The van der Waals surface area contributed by atoms with E-state index in [0.29, 0.717) is 117 Å². The summed E-state index contributed by atoms with van der Waals surface area (Å²) in [5.74, 6) is 3.20. The van der Waals surface area contributed by atoms with Crippen molar-refractivity contribution in [3.05, 3.63) is 0 Å². The Kier molecular flexibility index (Phi) is 48.2. The first-order valence-corrected chi connectivity index (χ1v) is 23.3. The molecule has 8 N–H and O–H groups in total. The second-order valence-corrected chi connectivity index (χ2v) is 16.5. The maximum Gasteiger partial charge on any atom is 0.431 e. The number of carbonyl (C=O) groups is 7. The summed E-state index contributed by atoms with van der Waals surface area (Å²) in [6.45, 7) is 17.8. The predicted octanol–water partition coefficient (Wildman–Crippen LogP) is 2.05. The van der Waals surface area contributed by atoms with Gasteiger partial charge in [0.25, 0.3) is 11.8 Å². The molecular weight excluding hydrogens is 931 g/mol. The number of hydrogen-bond donors (Lipinski definition) is 6. The minimum absolute atomic E-state index is 0.00563. The highest BCUT2D eigenvalue weighted by Gasteiger charge is 2.32. The molecule has 0 saturated carbocycles. The molecule has 1 aliphatic heterocycles. The molecule has 1 fully saturated rings. The highest BCUT2D eigenvalue weighted by Crippen LogP contribution is 2.12. The number of hydrogen-bond acceptors (Lipinski definition) is 21. The molecule has 6 amide bonds. The Morgan fingerprint density at radius 2 is 0.914 bits per heavy atom. The molecule has 1 saturated heterocycles. The number of ether oxygens (including phenoxy) is 8. The zero-order valence-electron chi connectivity index (χ0n) is 43.2. The first-order valence-electron chi connectivity index (χ1n) is 23.3. The standard InChI is InChI=1S/C15H30N2O6.C10H22N2O4.C10H15NO6.C9H20N2O3/c1-15(2,3)23-14(19)17-22-9-6-5-8-16-13(18)7-10-21-12-11-20-4;1-14-8-9-15-7-4-10(13)12-5-2-3-6-16-11;1-15-6-7-16-5-4-10(14)17-11-8(12)2-3-9(11)13;1-9(2,3)14-8(12)11-13-7-5-4-6-10/h5-12H2,1-4H3,(H,16,18)(H,17,19);2-9,11H2,1H3,(H,12,13);2-7H2,1H3;4-7,10H2,1-3H3,(H,11,12). The van der Waals surface area contributed by atoms with Crippen molar-refractivity contribution < 1.29 is 90.8 Å². The number of rotatable bonds is 35. The van der Waals surface area contributed by atoms with Gasteiger partial charge in [0.1, 0.15) is 11.2 Å². The van der Waals surface area contributed by atoms with Crippen LogP contribution in [-0.2, 0) is 81.2 Å². The summed E-state index contributed by atoms with van der Waals surface area (Å²) in [7, 11) is 4.76. The molecule has 0 spiro atoms. The van der Waals surface area contributed by atoms with Crippen molar-refractivity contribution in [3.63, 3.8) is 0 Å². The zero-order chi connectivity index (χ0) is 53.3. The van der Waals surface area contributed by atoms with E-state index in [2.05, 4.69) is 31.3 Å². The number of imide groups is 1. The third-order valence-corrected chi connectivity index (χ3v) is 7.71. The van der Waals surface area contributed by atoms with Crippen LogP contribution in [0.1, 0.15) is 112 Å². The van der Waals surface area contributed by atoms with Gasteiger partial charge in [0, 0.05) is 60.1 Å². The second-order valence-electron chi connectivity index (χ2n) is 16.5. The van der Waals surface area contributed by atoms with Gasteiger partial charge in [0.05, 0.1) is 85.7 Å². The zero-order valence-corrected chi connectivity index (χ0v) is 43.2. The van der Waals surface area contributed by atoms with E-state index in [1.807, 2.05) is 0 Å². The molecule has 0 aromatic rings. The fraction of sp³-hybridized carbons (Fsp3) is 0.841. The van der Waals surface area contributed by atoms with Gasteiger partial charge in [-0.1, -0.05) is 0 Å². The van der Waals surface area contributed by atoms with Crippen LogP contribution in [0.15, 0.2) is 0 Å². The van der Waals surface area contributed by atoms with Crippen molar-refractivity contribution in [1.29, 1.82) is 0 Å². The van der Waals surface area contributed by atoms with Gasteiger partial charge in [-0.3, -0.25) is 28.9 Å². The molecule has 412 valence electrons. The molecule has 0 aromatic carbocycles. The largest absolute Gasteiger partial charge is 0.442 e. The Labute approximate surface area is 413 Å². The van der Waals surface area contributed by atoms with E-state index in [-0.39, 0.29) is 37.7 Å². The highest BCUT2D eigenvalue weighted by atomic mass is 16.7. The maximum absolute atomic E-state index is 11.5. The molecule has 1 rings (SSSR count). The molecule has 1 aliphatic rings. The third-order valence-electron chi connectivity index (χ3n) is 7.71. The van der Waals surface area contributed by atoms with Crippen LogP contribution in [0.25, 0.3) is 0 Å². The van der Waals surface area contributed by atoms with Gasteiger partial charge < -0.3 is 63.9 Å². The molecule has 26 nitrogen and oxygen atoms in total. The van der Waals surface area contributed by atoms with E-state index in [1.54, 1.807) is 62.9 Å². The Morgan fingerprint density at radius 3 is 1.29 bits per heavy atom. The van der Waals surface area contributed by atoms with Crippen LogP contribution in [0, 0.1) is 0 Å². The molecule has 0 bridgehead atoms. The number of methoxy groups -OCH3 is 3. The minimum atomic E-state index is -0.661. The first-order chi connectivity index (χ1) is 33.3. The lowest BCUT2D eigenvalue weighted by atomic mass is 10.2. The van der Waals surface area contributed by atoms with Crippen molar-refractivity contribution in [1.82, 2.24) is 26.7 Å². The van der Waals surface area contributed by atoms with Crippen LogP contribution in [0.5, 0.6) is 0 Å². The number of hydroxylamine groups is 4. The monoisotopic (exact) mass is 1020 g/mol. The van der Waals surface area contributed by atoms with Crippen molar-refractivity contribution >= 4 is 41.8 Å². The highest BCUT2D eigenvalue weighted by molar-refractivity contribution is 6.01. The average molecular weight is 1020 g/mol. The summed E-state index contributed by atoms with van der Waals surface area (Å²) in [5.41, 5.74) is 8.64. The quantitative estimate of drug-likeness (QED) is 0.0300. The number of unbranched alkanes of at least 4 members (excludes halogenated alkanes) is 3. The average Bonchev–Trinajstić information content (AvgIpc) is 3.60. The van der Waals surface area contributed by atoms with Gasteiger partial charge in [-0.25, -0.2) is 20.3 Å². The van der Waals surface area contributed by atoms with Crippen LogP contribution in [0.4, 0.5) is 9.59 Å². The van der Waals surface area contributed by atoms with Crippen molar-refractivity contribution in [2.24, 2.45) is 11.6 Å². The lowest BCUT2D eigenvalue weighted by molar-refractivity contribution is -0.198. The van der Waals surface area contributed by atoms with Crippen molar-refractivity contribution in [2.45, 2.75) is 123 Å². The van der Waals surface area contributed by atoms with E-state index in [0.717, 1.165) is 32.1 Å². The Morgan fingerprint density at radius 1 is 0.529 bits per heavy atom. The number of nitrogens with zero attached hydrogens (tertiary/aromatic N) is 1. The number of nitrogens with two attached hydrogens (primary N) is 2. The number of carbonyl (C=O) groups excluding carboxylic acids is 7. The molecule has 26 heteroatoms. The lowest BCUT2D eigenvalue weighted by Gasteiger charge is -2.19. The summed E-state index contributed by atoms with van der Waals surface area (Å²) >= 11 is 0. The van der Waals surface area contributed by atoms with Crippen LogP contribution in [0.2, 0.25) is 0 Å². The normalized spacial score (nSPS) is 12.0. The van der Waals surface area contributed by atoms with Crippen molar-refractivity contribution in [3.8, 4) is 0 Å². The summed E-state index contributed by atoms with van der Waals surface area (Å²) in [6.07, 6.45) is 4.61. The Balaban J connectivity index is -0.000000870. The summed E-state index contributed by atoms with van der Waals surface area (Å²) in [6, 6.07) is 0. The van der Waals surface area contributed by atoms with E-state index in [9.17, 15) is 33.6 Å². The van der Waals surface area contributed by atoms with Gasteiger partial charge in [-0.15, -0.1) is 5.06 Å². The summed E-state index contributed by atoms with van der Waals surface area (Å²) < 4.78 is 39.7. The molecule has 1 heterocycles. The van der Waals surface area contributed by atoms with Crippen molar-refractivity contribution in [2.75, 3.05) is 120 Å². The SMILES string of the molecule is CC(C)(C)OC(=O)NOCCCCN.COCCOCCC(=O)NCCCCON.COCCOCCC(=O)NCCCCONC(=O)OC(C)(C)C.COCCOCCC(=O)ON1C(=O)CCC1=O. The molecular formula is C44H87N7O19. The second kappa shape index (κ2) is 48.3. The minimum Gasteiger partial charge on any atom is -0.442 e. The molecule has 0 radical (unpaired) electrons. The number of nitrogens with one attached hydrogen (secondary N) is 4. The van der Waals surface area contributed by atoms with E-state index < -0.39 is 41.2 Å². The van der Waals surface area contributed by atoms with E-state index in [1.165, 1.54) is 0 Å².